The van der Waals surface area contributed by atoms with E-state index in [0.29, 0.717) is 30.4 Å². The Kier molecular flexibility index (Phi) is 3.66. The molecule has 1 atom stereocenters. The average Bonchev–Trinajstić information content (AvgIpc) is 2.80. The molecule has 98 valence electrons. The number of rotatable bonds is 2. The lowest BCUT2D eigenvalue weighted by Crippen LogP contribution is -2.17. The Balaban J connectivity index is 2.34. The SMILES string of the molecule is O=C(c1cc(C(F)(F)F)ccc1F)C1CCSC1. The fraction of sp³-hybridized carbons (Fsp3) is 0.417. The number of hydrogen-bond acceptors (Lipinski definition) is 2. The van der Waals surface area contributed by atoms with E-state index in [4.69, 9.17) is 0 Å². The number of halogens is 4. The van der Waals surface area contributed by atoms with Crippen molar-refractivity contribution in [2.45, 2.75) is 12.6 Å². The van der Waals surface area contributed by atoms with Crippen molar-refractivity contribution in [2.24, 2.45) is 5.92 Å². The molecule has 0 bridgehead atoms. The highest BCUT2D eigenvalue weighted by Gasteiger charge is 2.33. The molecule has 0 aliphatic carbocycles. The summed E-state index contributed by atoms with van der Waals surface area (Å²) in [7, 11) is 0. The lowest BCUT2D eigenvalue weighted by atomic mass is 9.95. The normalized spacial score (nSPS) is 20.1. The van der Waals surface area contributed by atoms with Crippen LogP contribution in [0.1, 0.15) is 22.3 Å². The van der Waals surface area contributed by atoms with Gasteiger partial charge in [-0.25, -0.2) is 4.39 Å². The Hall–Kier alpha value is -1.04. The highest BCUT2D eigenvalue weighted by molar-refractivity contribution is 7.99. The average molecular weight is 278 g/mol. The number of ketones is 1. The standard InChI is InChI=1S/C12H10F4OS/c13-10-2-1-8(12(14,15)16)5-9(10)11(17)7-3-4-18-6-7/h1-2,5,7H,3-4,6H2. The molecule has 1 aliphatic heterocycles. The van der Waals surface area contributed by atoms with Crippen LogP contribution >= 0.6 is 11.8 Å². The van der Waals surface area contributed by atoms with Crippen LogP contribution in [0, 0.1) is 11.7 Å². The van der Waals surface area contributed by atoms with E-state index < -0.39 is 28.9 Å². The lowest BCUT2D eigenvalue weighted by molar-refractivity contribution is -0.137. The lowest BCUT2D eigenvalue weighted by Gasteiger charge is -2.11. The Morgan fingerprint density at radius 3 is 2.61 bits per heavy atom. The van der Waals surface area contributed by atoms with Gasteiger partial charge in [0, 0.05) is 11.7 Å². The summed E-state index contributed by atoms with van der Waals surface area (Å²) in [6.45, 7) is 0. The minimum atomic E-state index is -4.56. The van der Waals surface area contributed by atoms with Gasteiger partial charge in [-0.2, -0.15) is 24.9 Å². The molecule has 1 heterocycles. The van der Waals surface area contributed by atoms with Gasteiger partial charge in [0.1, 0.15) is 5.82 Å². The quantitative estimate of drug-likeness (QED) is 0.605. The van der Waals surface area contributed by atoms with Gasteiger partial charge in [-0.05, 0) is 30.4 Å². The van der Waals surface area contributed by atoms with Crippen LogP contribution in [-0.2, 0) is 6.18 Å². The van der Waals surface area contributed by atoms with Crippen LogP contribution in [0.4, 0.5) is 17.6 Å². The predicted molar refractivity (Wildman–Crippen MR) is 61.2 cm³/mol. The van der Waals surface area contributed by atoms with Gasteiger partial charge >= 0.3 is 6.18 Å². The molecule has 1 aliphatic rings. The van der Waals surface area contributed by atoms with Crippen LogP contribution in [0.5, 0.6) is 0 Å². The van der Waals surface area contributed by atoms with E-state index >= 15 is 0 Å². The van der Waals surface area contributed by atoms with Crippen molar-refractivity contribution in [2.75, 3.05) is 11.5 Å². The third-order valence-corrected chi connectivity index (χ3v) is 4.02. The van der Waals surface area contributed by atoms with Crippen molar-refractivity contribution in [1.82, 2.24) is 0 Å². The maximum Gasteiger partial charge on any atom is 0.416 e. The molecule has 1 saturated heterocycles. The molecule has 1 aromatic rings. The van der Waals surface area contributed by atoms with Gasteiger partial charge in [0.2, 0.25) is 0 Å². The molecule has 18 heavy (non-hydrogen) atoms. The fourth-order valence-electron chi connectivity index (χ4n) is 1.85. The number of hydrogen-bond donors (Lipinski definition) is 0. The minimum absolute atomic E-state index is 0.368. The number of Topliss-reactive ketones (excluding diaryl/α,β-unsaturated/α-hetero) is 1. The molecule has 0 spiro atoms. The zero-order valence-electron chi connectivity index (χ0n) is 9.26. The van der Waals surface area contributed by atoms with Crippen LogP contribution in [0.3, 0.4) is 0 Å². The Morgan fingerprint density at radius 1 is 1.33 bits per heavy atom. The molecule has 2 rings (SSSR count). The zero-order valence-corrected chi connectivity index (χ0v) is 10.1. The summed E-state index contributed by atoms with van der Waals surface area (Å²) in [6.07, 6.45) is -3.97. The summed E-state index contributed by atoms with van der Waals surface area (Å²) in [5, 5.41) is 0. The van der Waals surface area contributed by atoms with Crippen molar-refractivity contribution in [3.8, 4) is 0 Å². The second-order valence-corrected chi connectivity index (χ2v) is 5.27. The van der Waals surface area contributed by atoms with Gasteiger partial charge in [0.25, 0.3) is 0 Å². The molecule has 6 heteroatoms. The topological polar surface area (TPSA) is 17.1 Å². The van der Waals surface area contributed by atoms with E-state index in [1.807, 2.05) is 0 Å². The van der Waals surface area contributed by atoms with Gasteiger partial charge in [0.15, 0.2) is 5.78 Å². The van der Waals surface area contributed by atoms with Crippen LogP contribution in [0.25, 0.3) is 0 Å². The van der Waals surface area contributed by atoms with E-state index in [9.17, 15) is 22.4 Å². The number of carbonyl (C=O) groups excluding carboxylic acids is 1. The first-order chi connectivity index (χ1) is 8.39. The van der Waals surface area contributed by atoms with Crippen LogP contribution in [-0.4, -0.2) is 17.3 Å². The number of thioether (sulfide) groups is 1. The van der Waals surface area contributed by atoms with E-state index in [0.717, 1.165) is 5.75 Å². The molecule has 0 amide bonds. The van der Waals surface area contributed by atoms with E-state index in [-0.39, 0.29) is 5.92 Å². The summed E-state index contributed by atoms with van der Waals surface area (Å²) in [5.41, 5.74) is -1.43. The molecular weight excluding hydrogens is 268 g/mol. The third kappa shape index (κ3) is 2.68. The second-order valence-electron chi connectivity index (χ2n) is 4.12. The Morgan fingerprint density at radius 2 is 2.06 bits per heavy atom. The van der Waals surface area contributed by atoms with Crippen molar-refractivity contribution in [3.05, 3.63) is 35.1 Å². The van der Waals surface area contributed by atoms with Gasteiger partial charge in [-0.15, -0.1) is 0 Å². The number of benzene rings is 1. The zero-order chi connectivity index (χ0) is 13.3. The van der Waals surface area contributed by atoms with Crippen LogP contribution < -0.4 is 0 Å². The molecule has 1 aromatic carbocycles. The van der Waals surface area contributed by atoms with E-state index in [2.05, 4.69) is 0 Å². The Labute approximate surface area is 106 Å². The first kappa shape index (κ1) is 13.4. The monoisotopic (exact) mass is 278 g/mol. The van der Waals surface area contributed by atoms with Crippen LogP contribution in [0.2, 0.25) is 0 Å². The van der Waals surface area contributed by atoms with Gasteiger partial charge < -0.3 is 0 Å². The van der Waals surface area contributed by atoms with E-state index in [1.54, 1.807) is 11.8 Å². The summed E-state index contributed by atoms with van der Waals surface area (Å²) in [4.78, 5) is 11.9. The minimum Gasteiger partial charge on any atom is -0.294 e. The third-order valence-electron chi connectivity index (χ3n) is 2.86. The van der Waals surface area contributed by atoms with Gasteiger partial charge in [-0.1, -0.05) is 0 Å². The molecule has 0 aromatic heterocycles. The fourth-order valence-corrected chi connectivity index (χ4v) is 3.07. The van der Waals surface area contributed by atoms with Crippen molar-refractivity contribution >= 4 is 17.5 Å². The largest absolute Gasteiger partial charge is 0.416 e. The summed E-state index contributed by atoms with van der Waals surface area (Å²) < 4.78 is 51.0. The summed E-state index contributed by atoms with van der Waals surface area (Å²) in [6, 6.07) is 1.97. The molecule has 0 N–H and O–H groups in total. The first-order valence-corrected chi connectivity index (χ1v) is 6.54. The molecule has 1 unspecified atom stereocenters. The smallest absolute Gasteiger partial charge is 0.294 e. The molecule has 1 nitrogen and oxygen atoms in total. The van der Waals surface area contributed by atoms with Gasteiger partial charge in [-0.3, -0.25) is 4.79 Å². The highest BCUT2D eigenvalue weighted by Crippen LogP contribution is 2.32. The molecule has 1 fully saturated rings. The Bertz CT molecular complexity index is 464. The second kappa shape index (κ2) is 4.91. The number of alkyl halides is 3. The molecule has 0 saturated carbocycles. The van der Waals surface area contributed by atoms with E-state index in [1.165, 1.54) is 0 Å². The number of carbonyl (C=O) groups is 1. The molecule has 0 radical (unpaired) electrons. The highest BCUT2D eigenvalue weighted by atomic mass is 32.2. The van der Waals surface area contributed by atoms with Crippen molar-refractivity contribution in [3.63, 3.8) is 0 Å². The maximum atomic E-state index is 13.5. The maximum absolute atomic E-state index is 13.5. The first-order valence-electron chi connectivity index (χ1n) is 5.38. The summed E-state index contributed by atoms with van der Waals surface area (Å²) in [5.74, 6) is -0.438. The molecular formula is C12H10F4OS. The van der Waals surface area contributed by atoms with Crippen LogP contribution in [0.15, 0.2) is 18.2 Å². The summed E-state index contributed by atoms with van der Waals surface area (Å²) >= 11 is 1.56. The van der Waals surface area contributed by atoms with Crippen molar-refractivity contribution < 1.29 is 22.4 Å². The van der Waals surface area contributed by atoms with Crippen molar-refractivity contribution in [1.29, 1.82) is 0 Å². The predicted octanol–water partition coefficient (Wildman–Crippen LogP) is 3.78. The van der Waals surface area contributed by atoms with Gasteiger partial charge in [0.05, 0.1) is 11.1 Å².